The number of nitro groups is 1. The van der Waals surface area contributed by atoms with E-state index in [4.69, 9.17) is 4.74 Å². The van der Waals surface area contributed by atoms with Gasteiger partial charge in [0, 0.05) is 17.8 Å². The summed E-state index contributed by atoms with van der Waals surface area (Å²) in [7, 11) is 0. The molecule has 0 radical (unpaired) electrons. The normalized spacial score (nSPS) is 11.6. The third kappa shape index (κ3) is 4.54. The van der Waals surface area contributed by atoms with Gasteiger partial charge in [-0.25, -0.2) is 0 Å². The molecule has 0 saturated heterocycles. The topological polar surface area (TPSA) is 81.5 Å². The van der Waals surface area contributed by atoms with Gasteiger partial charge >= 0.3 is 0 Å². The maximum atomic E-state index is 12.3. The number of non-ortho nitro benzene ring substituents is 1. The van der Waals surface area contributed by atoms with E-state index in [1.807, 2.05) is 32.0 Å². The zero-order valence-corrected chi connectivity index (χ0v) is 13.0. The maximum Gasteiger partial charge on any atom is 0.271 e. The number of nitrogens with one attached hydrogen (secondary N) is 1. The van der Waals surface area contributed by atoms with Crippen LogP contribution in [0.2, 0.25) is 0 Å². The van der Waals surface area contributed by atoms with Crippen molar-refractivity contribution < 1.29 is 14.5 Å². The van der Waals surface area contributed by atoms with Crippen LogP contribution in [0.3, 0.4) is 0 Å². The Kier molecular flexibility index (Phi) is 5.30. The molecule has 6 heteroatoms. The number of carbonyl (C=O) groups is 1. The molecule has 0 fully saturated rings. The number of anilines is 1. The highest BCUT2D eigenvalue weighted by atomic mass is 16.6. The predicted molar refractivity (Wildman–Crippen MR) is 87.6 cm³/mol. The summed E-state index contributed by atoms with van der Waals surface area (Å²) in [5.41, 5.74) is 1.34. The molecular formula is C17H18N2O4. The van der Waals surface area contributed by atoms with Crippen LogP contribution in [0.15, 0.2) is 48.5 Å². The Hall–Kier alpha value is -2.89. The molecule has 1 amide bonds. The molecule has 23 heavy (non-hydrogen) atoms. The fourth-order valence-corrected chi connectivity index (χ4v) is 2.10. The highest BCUT2D eigenvalue weighted by Gasteiger charge is 2.19. The first-order chi connectivity index (χ1) is 11.0. The van der Waals surface area contributed by atoms with Crippen LogP contribution in [0.5, 0.6) is 5.75 Å². The van der Waals surface area contributed by atoms with Gasteiger partial charge in [0.05, 0.1) is 4.92 Å². The van der Waals surface area contributed by atoms with E-state index in [0.717, 1.165) is 5.56 Å². The lowest BCUT2D eigenvalue weighted by atomic mass is 10.2. The number of hydrogen-bond donors (Lipinski definition) is 1. The Morgan fingerprint density at radius 3 is 2.65 bits per heavy atom. The van der Waals surface area contributed by atoms with Crippen molar-refractivity contribution in [1.82, 2.24) is 0 Å². The average Bonchev–Trinajstić information content (AvgIpc) is 2.52. The van der Waals surface area contributed by atoms with Gasteiger partial charge in [-0.05, 0) is 37.1 Å². The van der Waals surface area contributed by atoms with Gasteiger partial charge in [-0.1, -0.05) is 25.1 Å². The number of nitrogens with zero attached hydrogens (tertiary/aromatic N) is 1. The van der Waals surface area contributed by atoms with Crippen molar-refractivity contribution in [2.75, 3.05) is 5.32 Å². The minimum absolute atomic E-state index is 0.0737. The van der Waals surface area contributed by atoms with Crippen molar-refractivity contribution in [2.45, 2.75) is 26.4 Å². The Bertz CT molecular complexity index is 715. The minimum Gasteiger partial charge on any atom is -0.481 e. The molecule has 6 nitrogen and oxygen atoms in total. The lowest BCUT2D eigenvalue weighted by Gasteiger charge is -2.17. The number of aryl methyl sites for hydroxylation is 1. The molecule has 0 aliphatic carbocycles. The van der Waals surface area contributed by atoms with Gasteiger partial charge in [-0.15, -0.1) is 0 Å². The quantitative estimate of drug-likeness (QED) is 0.651. The van der Waals surface area contributed by atoms with Crippen LogP contribution in [-0.2, 0) is 4.79 Å². The Morgan fingerprint density at radius 2 is 2.00 bits per heavy atom. The van der Waals surface area contributed by atoms with Crippen molar-refractivity contribution in [2.24, 2.45) is 0 Å². The number of benzene rings is 2. The second-order valence-corrected chi connectivity index (χ2v) is 5.13. The molecule has 0 aliphatic heterocycles. The smallest absolute Gasteiger partial charge is 0.271 e. The molecule has 120 valence electrons. The van der Waals surface area contributed by atoms with Gasteiger partial charge in [-0.3, -0.25) is 14.9 Å². The van der Waals surface area contributed by atoms with Crippen LogP contribution < -0.4 is 10.1 Å². The van der Waals surface area contributed by atoms with Gasteiger partial charge in [0.2, 0.25) is 0 Å². The number of carbonyl (C=O) groups excluding carboxylic acids is 1. The first kappa shape index (κ1) is 16.5. The Balaban J connectivity index is 2.08. The summed E-state index contributed by atoms with van der Waals surface area (Å²) in [4.78, 5) is 22.6. The number of nitro benzene ring substituents is 1. The molecule has 1 N–H and O–H groups in total. The van der Waals surface area contributed by atoms with Gasteiger partial charge in [-0.2, -0.15) is 0 Å². The molecule has 0 saturated carbocycles. The van der Waals surface area contributed by atoms with Gasteiger partial charge in [0.25, 0.3) is 11.6 Å². The molecule has 0 aliphatic rings. The van der Waals surface area contributed by atoms with Crippen LogP contribution in [-0.4, -0.2) is 16.9 Å². The monoisotopic (exact) mass is 314 g/mol. The second-order valence-electron chi connectivity index (χ2n) is 5.13. The molecule has 0 unspecified atom stereocenters. The number of amides is 1. The predicted octanol–water partition coefficient (Wildman–Crippen LogP) is 3.70. The van der Waals surface area contributed by atoms with Gasteiger partial charge in [0.15, 0.2) is 6.10 Å². The average molecular weight is 314 g/mol. The fourth-order valence-electron chi connectivity index (χ4n) is 2.10. The van der Waals surface area contributed by atoms with E-state index in [0.29, 0.717) is 17.9 Å². The third-order valence-electron chi connectivity index (χ3n) is 3.26. The number of hydrogen-bond acceptors (Lipinski definition) is 4. The summed E-state index contributed by atoms with van der Waals surface area (Å²) >= 11 is 0. The van der Waals surface area contributed by atoms with E-state index < -0.39 is 11.0 Å². The van der Waals surface area contributed by atoms with Crippen LogP contribution in [0.4, 0.5) is 11.4 Å². The summed E-state index contributed by atoms with van der Waals surface area (Å²) in [6.07, 6.45) is -0.189. The summed E-state index contributed by atoms with van der Waals surface area (Å²) in [5.74, 6) is 0.278. The van der Waals surface area contributed by atoms with Crippen molar-refractivity contribution in [3.05, 3.63) is 64.2 Å². The zero-order chi connectivity index (χ0) is 16.8. The highest BCUT2D eigenvalue weighted by Crippen LogP contribution is 2.19. The zero-order valence-electron chi connectivity index (χ0n) is 13.0. The van der Waals surface area contributed by atoms with Crippen molar-refractivity contribution >= 4 is 17.3 Å². The number of rotatable bonds is 6. The molecule has 0 bridgehead atoms. The molecule has 1 atom stereocenters. The lowest BCUT2D eigenvalue weighted by Crippen LogP contribution is -2.32. The Morgan fingerprint density at radius 1 is 1.26 bits per heavy atom. The van der Waals surface area contributed by atoms with E-state index in [2.05, 4.69) is 5.32 Å². The molecule has 0 aromatic heterocycles. The molecule has 2 rings (SSSR count). The van der Waals surface area contributed by atoms with Crippen molar-refractivity contribution in [3.63, 3.8) is 0 Å². The summed E-state index contributed by atoms with van der Waals surface area (Å²) < 4.78 is 5.71. The largest absolute Gasteiger partial charge is 0.481 e. The van der Waals surface area contributed by atoms with E-state index in [-0.39, 0.29) is 11.6 Å². The van der Waals surface area contributed by atoms with Gasteiger partial charge in [0.1, 0.15) is 5.75 Å². The molecule has 2 aromatic rings. The van der Waals surface area contributed by atoms with Crippen LogP contribution in [0.1, 0.15) is 18.9 Å². The first-order valence-electron chi connectivity index (χ1n) is 7.28. The third-order valence-corrected chi connectivity index (χ3v) is 3.26. The summed E-state index contributed by atoms with van der Waals surface area (Å²) in [6.45, 7) is 3.78. The van der Waals surface area contributed by atoms with Gasteiger partial charge < -0.3 is 10.1 Å². The molecule has 2 aromatic carbocycles. The maximum absolute atomic E-state index is 12.3. The second kappa shape index (κ2) is 7.40. The minimum atomic E-state index is -0.670. The first-order valence-corrected chi connectivity index (χ1v) is 7.28. The Labute approximate surface area is 134 Å². The standard InChI is InChI=1S/C17H18N2O4/c1-3-16(23-15-9-4-6-12(2)10-15)17(20)18-13-7-5-8-14(11-13)19(21)22/h4-11,16H,3H2,1-2H3,(H,18,20)/t16-/m0/s1. The number of ether oxygens (including phenoxy) is 1. The van der Waals surface area contributed by atoms with Crippen LogP contribution in [0, 0.1) is 17.0 Å². The van der Waals surface area contributed by atoms with E-state index in [1.54, 1.807) is 12.1 Å². The van der Waals surface area contributed by atoms with E-state index in [1.165, 1.54) is 18.2 Å². The summed E-state index contributed by atoms with van der Waals surface area (Å²) in [6, 6.07) is 13.3. The molecule has 0 spiro atoms. The SMILES string of the molecule is CC[C@H](Oc1cccc(C)c1)C(=O)Nc1cccc([N+](=O)[O-])c1. The van der Waals surface area contributed by atoms with Crippen LogP contribution >= 0.6 is 0 Å². The lowest BCUT2D eigenvalue weighted by molar-refractivity contribution is -0.384. The van der Waals surface area contributed by atoms with Crippen LogP contribution in [0.25, 0.3) is 0 Å². The van der Waals surface area contributed by atoms with Crippen molar-refractivity contribution in [1.29, 1.82) is 0 Å². The van der Waals surface area contributed by atoms with E-state index >= 15 is 0 Å². The molecule has 0 heterocycles. The van der Waals surface area contributed by atoms with E-state index in [9.17, 15) is 14.9 Å². The van der Waals surface area contributed by atoms with Crippen molar-refractivity contribution in [3.8, 4) is 5.75 Å². The molecular weight excluding hydrogens is 296 g/mol. The summed E-state index contributed by atoms with van der Waals surface area (Å²) in [5, 5.41) is 13.4. The highest BCUT2D eigenvalue weighted by molar-refractivity contribution is 5.94. The fraction of sp³-hybridized carbons (Fsp3) is 0.235.